The molecule has 0 saturated carbocycles. The Balaban J connectivity index is 0. The van der Waals surface area contributed by atoms with Gasteiger partial charge in [0.25, 0.3) is 0 Å². The Morgan fingerprint density at radius 3 is 2.16 bits per heavy atom. The predicted molar refractivity (Wildman–Crippen MR) is 73.6 cm³/mol. The summed E-state index contributed by atoms with van der Waals surface area (Å²) in [5.41, 5.74) is 0.301. The number of esters is 1. The van der Waals surface area contributed by atoms with E-state index in [2.05, 4.69) is 24.5 Å². The lowest BCUT2D eigenvalue weighted by molar-refractivity contribution is -0.140. The molecule has 0 atom stereocenters. The first-order chi connectivity index (χ1) is 8.90. The Morgan fingerprint density at radius 1 is 1.26 bits per heavy atom. The molecule has 2 N–H and O–H groups in total. The maximum Gasteiger partial charge on any atom is 0.333 e. The topological polar surface area (TPSA) is 83.8 Å². The van der Waals surface area contributed by atoms with Crippen molar-refractivity contribution in [3.63, 3.8) is 0 Å². The van der Waals surface area contributed by atoms with Crippen LogP contribution in [0.4, 0.5) is 0 Å². The van der Waals surface area contributed by atoms with Gasteiger partial charge in [0.1, 0.15) is 6.61 Å². The van der Waals surface area contributed by atoms with E-state index >= 15 is 0 Å². The highest BCUT2D eigenvalue weighted by atomic mass is 16.5. The summed E-state index contributed by atoms with van der Waals surface area (Å²) in [7, 11) is 0. The highest BCUT2D eigenvalue weighted by molar-refractivity contribution is 5.89. The zero-order chi connectivity index (χ0) is 15.3. The molecule has 0 aliphatic rings. The molecule has 0 heterocycles. The average Bonchev–Trinajstić information content (AvgIpc) is 2.41. The Hall–Kier alpha value is -2.14. The second-order valence-electron chi connectivity index (χ2n) is 3.33. The number of hydrogen-bond donors (Lipinski definition) is 2. The van der Waals surface area contributed by atoms with Crippen molar-refractivity contribution in [2.75, 3.05) is 13.2 Å². The third kappa shape index (κ3) is 12.1. The van der Waals surface area contributed by atoms with Crippen LogP contribution in [0.25, 0.3) is 0 Å². The number of carbonyl (C=O) groups is 2. The molecule has 0 radical (unpaired) electrons. The van der Waals surface area contributed by atoms with Crippen molar-refractivity contribution in [2.24, 2.45) is 0 Å². The smallest absolute Gasteiger partial charge is 0.333 e. The van der Waals surface area contributed by atoms with E-state index in [9.17, 15) is 9.59 Å². The van der Waals surface area contributed by atoms with Gasteiger partial charge in [-0.3, -0.25) is 0 Å². The van der Waals surface area contributed by atoms with Gasteiger partial charge in [-0.25, -0.2) is 9.59 Å². The van der Waals surface area contributed by atoms with Crippen LogP contribution in [-0.4, -0.2) is 35.4 Å². The largest absolute Gasteiger partial charge is 0.478 e. The molecule has 19 heavy (non-hydrogen) atoms. The maximum absolute atomic E-state index is 11.1. The molecule has 0 spiro atoms. The Bertz CT molecular complexity index is 360. The summed E-state index contributed by atoms with van der Waals surface area (Å²) >= 11 is 0. The van der Waals surface area contributed by atoms with Crippen LogP contribution in [0.15, 0.2) is 49.1 Å². The molecule has 0 saturated heterocycles. The van der Waals surface area contributed by atoms with Crippen molar-refractivity contribution < 1.29 is 24.5 Å². The summed E-state index contributed by atoms with van der Waals surface area (Å²) in [4.78, 5) is 21.5. The number of rotatable bonds is 7. The number of carboxylic acid groups (broad SMARTS) is 1. The summed E-state index contributed by atoms with van der Waals surface area (Å²) in [6.45, 7) is 11.3. The molecule has 5 heteroatoms. The van der Waals surface area contributed by atoms with Crippen LogP contribution >= 0.6 is 0 Å². The van der Waals surface area contributed by atoms with Crippen LogP contribution in [-0.2, 0) is 14.3 Å². The van der Waals surface area contributed by atoms with Crippen LogP contribution in [0.5, 0.6) is 0 Å². The summed E-state index contributed by atoms with van der Waals surface area (Å²) in [6.07, 6.45) is 4.78. The summed E-state index contributed by atoms with van der Waals surface area (Å²) in [5.74, 6) is -1.66. The van der Waals surface area contributed by atoms with Crippen LogP contribution in [0.1, 0.15) is 13.3 Å². The van der Waals surface area contributed by atoms with Crippen LogP contribution in [0.2, 0.25) is 0 Å². The van der Waals surface area contributed by atoms with Crippen molar-refractivity contribution in [3.05, 3.63) is 49.1 Å². The van der Waals surface area contributed by atoms with Crippen molar-refractivity contribution in [2.45, 2.75) is 13.3 Å². The third-order valence-corrected chi connectivity index (χ3v) is 1.77. The number of ether oxygens (including phenoxy) is 1. The van der Waals surface area contributed by atoms with Crippen molar-refractivity contribution in [1.82, 2.24) is 0 Å². The number of carbonyl (C=O) groups excluding carboxylic acids is 1. The highest BCUT2D eigenvalue weighted by Crippen LogP contribution is 2.05. The first-order valence-corrected chi connectivity index (χ1v) is 5.49. The number of aliphatic hydroxyl groups is 1. The summed E-state index contributed by atoms with van der Waals surface area (Å²) in [5, 5.41) is 16.9. The van der Waals surface area contributed by atoms with E-state index in [0.717, 1.165) is 0 Å². The van der Waals surface area contributed by atoms with Gasteiger partial charge >= 0.3 is 11.9 Å². The maximum atomic E-state index is 11.1. The van der Waals surface area contributed by atoms with E-state index in [1.165, 1.54) is 13.0 Å². The monoisotopic (exact) mass is 268 g/mol. The van der Waals surface area contributed by atoms with Gasteiger partial charge in [0, 0.05) is 11.1 Å². The number of hydrogen-bond acceptors (Lipinski definition) is 4. The lowest BCUT2D eigenvalue weighted by Gasteiger charge is -2.03. The molecule has 0 aromatic carbocycles. The molecule has 0 fully saturated rings. The van der Waals surface area contributed by atoms with E-state index in [-0.39, 0.29) is 30.8 Å². The number of carboxylic acids is 1. The van der Waals surface area contributed by atoms with E-state index in [4.69, 9.17) is 10.2 Å². The standard InChI is InChI=1S/C10H14O5.C4H6/c1-7(9(12)13)3-4-8(2)10(14)15-6-5-11;1-3-4-2/h3,11H,2,4-6H2,1H3,(H,12,13);3-4H,1-2H2. The zero-order valence-electron chi connectivity index (χ0n) is 11.1. The fourth-order valence-corrected chi connectivity index (χ4v) is 0.687. The number of aliphatic hydroxyl groups excluding tert-OH is 1. The number of allylic oxidation sites excluding steroid dienone is 3. The molecule has 0 aromatic heterocycles. The van der Waals surface area contributed by atoms with Crippen LogP contribution in [0, 0.1) is 0 Å². The minimum Gasteiger partial charge on any atom is -0.478 e. The normalized spacial score (nSPS) is 9.68. The minimum absolute atomic E-state index is 0.0838. The molecule has 0 amide bonds. The highest BCUT2D eigenvalue weighted by Gasteiger charge is 2.07. The predicted octanol–water partition coefficient (Wildman–Crippen LogP) is 1.86. The second-order valence-corrected chi connectivity index (χ2v) is 3.33. The zero-order valence-corrected chi connectivity index (χ0v) is 11.1. The van der Waals surface area contributed by atoms with Gasteiger partial charge in [0.05, 0.1) is 6.61 Å². The first-order valence-electron chi connectivity index (χ1n) is 5.49. The Labute approximate surface area is 113 Å². The van der Waals surface area contributed by atoms with E-state index in [1.54, 1.807) is 12.2 Å². The van der Waals surface area contributed by atoms with E-state index in [0.29, 0.717) is 0 Å². The molecule has 0 rings (SSSR count). The molecule has 0 bridgehead atoms. The molecule has 106 valence electrons. The molecule has 0 aliphatic carbocycles. The van der Waals surface area contributed by atoms with Crippen molar-refractivity contribution in [3.8, 4) is 0 Å². The quantitative estimate of drug-likeness (QED) is 0.418. The van der Waals surface area contributed by atoms with Gasteiger partial charge in [-0.15, -0.1) is 0 Å². The summed E-state index contributed by atoms with van der Waals surface area (Å²) in [6, 6.07) is 0. The fourth-order valence-electron chi connectivity index (χ4n) is 0.687. The van der Waals surface area contributed by atoms with Gasteiger partial charge in [0.15, 0.2) is 0 Å². The minimum atomic E-state index is -1.04. The van der Waals surface area contributed by atoms with Crippen LogP contribution < -0.4 is 0 Å². The molecule has 5 nitrogen and oxygen atoms in total. The average molecular weight is 268 g/mol. The van der Waals surface area contributed by atoms with Gasteiger partial charge < -0.3 is 14.9 Å². The molecular formula is C14H20O5. The lowest BCUT2D eigenvalue weighted by atomic mass is 10.1. The third-order valence-electron chi connectivity index (χ3n) is 1.77. The molecule has 0 aromatic rings. The lowest BCUT2D eigenvalue weighted by Crippen LogP contribution is -2.10. The van der Waals surface area contributed by atoms with Gasteiger partial charge in [0.2, 0.25) is 0 Å². The fraction of sp³-hybridized carbons (Fsp3) is 0.286. The Morgan fingerprint density at radius 2 is 1.79 bits per heavy atom. The van der Waals surface area contributed by atoms with E-state index in [1.807, 2.05) is 0 Å². The molecule has 0 aliphatic heterocycles. The van der Waals surface area contributed by atoms with Crippen LogP contribution in [0.3, 0.4) is 0 Å². The second kappa shape index (κ2) is 12.3. The van der Waals surface area contributed by atoms with Crippen molar-refractivity contribution >= 4 is 11.9 Å². The first kappa shape index (κ1) is 19.2. The molecular weight excluding hydrogens is 248 g/mol. The Kier molecular flexibility index (Phi) is 12.5. The van der Waals surface area contributed by atoms with Crippen molar-refractivity contribution in [1.29, 1.82) is 0 Å². The van der Waals surface area contributed by atoms with Gasteiger partial charge in [-0.1, -0.05) is 38.0 Å². The van der Waals surface area contributed by atoms with Gasteiger partial charge in [-0.05, 0) is 13.3 Å². The molecule has 0 unspecified atom stereocenters. The van der Waals surface area contributed by atoms with E-state index < -0.39 is 11.9 Å². The summed E-state index contributed by atoms with van der Waals surface area (Å²) < 4.78 is 4.58. The van der Waals surface area contributed by atoms with Gasteiger partial charge in [-0.2, -0.15) is 0 Å². The number of aliphatic carboxylic acids is 1. The SMILES string of the molecule is C=C(CC=C(C)C(=O)O)C(=O)OCCO.C=CC=C.